The average molecular weight is 244 g/mol. The van der Waals surface area contributed by atoms with Crippen molar-refractivity contribution in [2.24, 2.45) is 0 Å². The number of nitrogens with zero attached hydrogens (tertiary/aromatic N) is 1. The maximum Gasteiger partial charge on any atom is 0.143 e. The van der Waals surface area contributed by atoms with Gasteiger partial charge in [-0.15, -0.1) is 0 Å². The summed E-state index contributed by atoms with van der Waals surface area (Å²) in [5.41, 5.74) is 1.93. The number of anilines is 2. The molecule has 1 N–H and O–H groups in total. The summed E-state index contributed by atoms with van der Waals surface area (Å²) >= 11 is 0. The van der Waals surface area contributed by atoms with Crippen LogP contribution >= 0.6 is 0 Å². The predicted octanol–water partition coefficient (Wildman–Crippen LogP) is 3.89. The van der Waals surface area contributed by atoms with Crippen molar-refractivity contribution in [2.75, 3.05) is 5.32 Å². The Morgan fingerprint density at radius 1 is 1.11 bits per heavy atom. The van der Waals surface area contributed by atoms with Crippen molar-refractivity contribution in [3.8, 4) is 6.07 Å². The summed E-state index contributed by atoms with van der Waals surface area (Å²) < 4.78 is 26.3. The highest BCUT2D eigenvalue weighted by Gasteiger charge is 2.04. The fourth-order valence-corrected chi connectivity index (χ4v) is 1.61. The molecule has 2 nitrogen and oxygen atoms in total. The van der Waals surface area contributed by atoms with Gasteiger partial charge in [0.15, 0.2) is 0 Å². The average Bonchev–Trinajstić information content (AvgIpc) is 2.33. The van der Waals surface area contributed by atoms with E-state index < -0.39 is 5.82 Å². The summed E-state index contributed by atoms with van der Waals surface area (Å²) in [6.07, 6.45) is 0. The molecule has 0 radical (unpaired) electrons. The molecule has 0 aromatic heterocycles. The summed E-state index contributed by atoms with van der Waals surface area (Å²) in [4.78, 5) is 0. The van der Waals surface area contributed by atoms with Crippen LogP contribution in [0.2, 0.25) is 0 Å². The van der Waals surface area contributed by atoms with Crippen molar-refractivity contribution < 1.29 is 8.78 Å². The molecule has 0 fully saturated rings. The summed E-state index contributed by atoms with van der Waals surface area (Å²) in [6, 6.07) is 10.3. The van der Waals surface area contributed by atoms with Gasteiger partial charge in [0.25, 0.3) is 0 Å². The molecule has 0 heterocycles. The Hall–Kier alpha value is -2.41. The van der Waals surface area contributed by atoms with Gasteiger partial charge in [-0.25, -0.2) is 8.78 Å². The van der Waals surface area contributed by atoms with Crippen molar-refractivity contribution in [2.45, 2.75) is 6.92 Å². The lowest BCUT2D eigenvalue weighted by Crippen LogP contribution is -1.95. The van der Waals surface area contributed by atoms with E-state index in [1.54, 1.807) is 25.1 Å². The minimum atomic E-state index is -0.581. The quantitative estimate of drug-likeness (QED) is 0.869. The molecule has 0 unspecified atom stereocenters. The van der Waals surface area contributed by atoms with Gasteiger partial charge >= 0.3 is 0 Å². The molecule has 2 aromatic carbocycles. The second-order valence-corrected chi connectivity index (χ2v) is 3.89. The number of rotatable bonds is 2. The largest absolute Gasteiger partial charge is 0.355 e. The standard InChI is InChI=1S/C14H10F2N2/c1-9-6-11(15)3-5-14(9)18-12-4-2-10(8-17)13(16)7-12/h2-7,18H,1H3. The van der Waals surface area contributed by atoms with Gasteiger partial charge in [0.05, 0.1) is 5.56 Å². The SMILES string of the molecule is Cc1cc(F)ccc1Nc1ccc(C#N)c(F)c1. The van der Waals surface area contributed by atoms with E-state index in [0.29, 0.717) is 11.4 Å². The van der Waals surface area contributed by atoms with Gasteiger partial charge in [0.2, 0.25) is 0 Å². The number of aryl methyl sites for hydroxylation is 1. The fourth-order valence-electron chi connectivity index (χ4n) is 1.61. The van der Waals surface area contributed by atoms with E-state index in [1.165, 1.54) is 24.3 Å². The Kier molecular flexibility index (Phi) is 3.24. The molecule has 0 aliphatic heterocycles. The van der Waals surface area contributed by atoms with Gasteiger partial charge in [-0.3, -0.25) is 0 Å². The normalized spacial score (nSPS) is 9.89. The molecule has 18 heavy (non-hydrogen) atoms. The number of nitriles is 1. The maximum atomic E-state index is 13.4. The molecule has 0 atom stereocenters. The van der Waals surface area contributed by atoms with Gasteiger partial charge in [0.1, 0.15) is 17.7 Å². The lowest BCUT2D eigenvalue weighted by molar-refractivity contribution is 0.624. The monoisotopic (exact) mass is 244 g/mol. The molecule has 0 aliphatic rings. The zero-order valence-corrected chi connectivity index (χ0v) is 9.67. The van der Waals surface area contributed by atoms with E-state index in [9.17, 15) is 8.78 Å². The van der Waals surface area contributed by atoms with Gasteiger partial charge in [0, 0.05) is 11.4 Å². The molecule has 0 amide bonds. The third kappa shape index (κ3) is 2.46. The van der Waals surface area contributed by atoms with Crippen molar-refractivity contribution in [3.63, 3.8) is 0 Å². The van der Waals surface area contributed by atoms with Gasteiger partial charge in [-0.1, -0.05) is 0 Å². The maximum absolute atomic E-state index is 13.4. The predicted molar refractivity (Wildman–Crippen MR) is 65.5 cm³/mol. The van der Waals surface area contributed by atoms with Crippen molar-refractivity contribution in [1.29, 1.82) is 5.26 Å². The number of hydrogen-bond acceptors (Lipinski definition) is 2. The second-order valence-electron chi connectivity index (χ2n) is 3.89. The van der Waals surface area contributed by atoms with Crippen molar-refractivity contribution in [3.05, 3.63) is 59.2 Å². The lowest BCUT2D eigenvalue weighted by Gasteiger charge is -2.09. The first kappa shape index (κ1) is 12.1. The molecule has 0 saturated heterocycles. The smallest absolute Gasteiger partial charge is 0.143 e. The number of halogens is 2. The van der Waals surface area contributed by atoms with Crippen LogP contribution in [-0.4, -0.2) is 0 Å². The topological polar surface area (TPSA) is 35.8 Å². The van der Waals surface area contributed by atoms with Crippen LogP contribution in [0.15, 0.2) is 36.4 Å². The number of benzene rings is 2. The van der Waals surface area contributed by atoms with Gasteiger partial charge in [-0.2, -0.15) is 5.26 Å². The zero-order valence-electron chi connectivity index (χ0n) is 9.67. The van der Waals surface area contributed by atoms with Crippen LogP contribution in [0, 0.1) is 29.9 Å². The molecule has 0 spiro atoms. The van der Waals surface area contributed by atoms with E-state index in [4.69, 9.17) is 5.26 Å². The highest BCUT2D eigenvalue weighted by Crippen LogP contribution is 2.22. The van der Waals surface area contributed by atoms with E-state index in [-0.39, 0.29) is 11.4 Å². The Labute approximate surface area is 103 Å². The first-order valence-electron chi connectivity index (χ1n) is 5.33. The molecule has 2 rings (SSSR count). The van der Waals surface area contributed by atoms with Crippen LogP contribution in [0.4, 0.5) is 20.2 Å². The third-order valence-corrected chi connectivity index (χ3v) is 2.56. The second kappa shape index (κ2) is 4.84. The van der Waals surface area contributed by atoms with Crippen LogP contribution < -0.4 is 5.32 Å². The minimum absolute atomic E-state index is 0.00335. The minimum Gasteiger partial charge on any atom is -0.355 e. The molecule has 0 saturated carbocycles. The molecule has 4 heteroatoms. The van der Waals surface area contributed by atoms with Crippen LogP contribution in [0.5, 0.6) is 0 Å². The Morgan fingerprint density at radius 2 is 1.89 bits per heavy atom. The number of hydrogen-bond donors (Lipinski definition) is 1. The Balaban J connectivity index is 2.29. The van der Waals surface area contributed by atoms with E-state index in [1.807, 2.05) is 0 Å². The molecule has 0 bridgehead atoms. The number of nitrogens with one attached hydrogen (secondary N) is 1. The Bertz CT molecular complexity index is 630. The van der Waals surface area contributed by atoms with E-state index >= 15 is 0 Å². The van der Waals surface area contributed by atoms with Crippen LogP contribution in [0.1, 0.15) is 11.1 Å². The molecular weight excluding hydrogens is 234 g/mol. The van der Waals surface area contributed by atoms with Crippen LogP contribution in [0.3, 0.4) is 0 Å². The zero-order chi connectivity index (χ0) is 13.1. The van der Waals surface area contributed by atoms with Gasteiger partial charge in [-0.05, 0) is 48.9 Å². The van der Waals surface area contributed by atoms with Crippen LogP contribution in [0.25, 0.3) is 0 Å². The molecular formula is C14H10F2N2. The lowest BCUT2D eigenvalue weighted by atomic mass is 10.1. The Morgan fingerprint density at radius 3 is 2.50 bits per heavy atom. The highest BCUT2D eigenvalue weighted by atomic mass is 19.1. The first-order chi connectivity index (χ1) is 8.60. The summed E-state index contributed by atoms with van der Waals surface area (Å²) in [5.74, 6) is -0.897. The van der Waals surface area contributed by atoms with Crippen LogP contribution in [-0.2, 0) is 0 Å². The van der Waals surface area contributed by atoms with Crippen molar-refractivity contribution >= 4 is 11.4 Å². The third-order valence-electron chi connectivity index (χ3n) is 2.56. The summed E-state index contributed by atoms with van der Waals surface area (Å²) in [7, 11) is 0. The molecule has 2 aromatic rings. The van der Waals surface area contributed by atoms with E-state index in [2.05, 4.69) is 5.32 Å². The first-order valence-corrected chi connectivity index (χ1v) is 5.33. The van der Waals surface area contributed by atoms with Crippen molar-refractivity contribution in [1.82, 2.24) is 0 Å². The highest BCUT2D eigenvalue weighted by molar-refractivity contribution is 5.63. The summed E-state index contributed by atoms with van der Waals surface area (Å²) in [5, 5.41) is 11.6. The van der Waals surface area contributed by atoms with Gasteiger partial charge < -0.3 is 5.32 Å². The summed E-state index contributed by atoms with van der Waals surface area (Å²) in [6.45, 7) is 1.76. The fraction of sp³-hybridized carbons (Fsp3) is 0.0714. The van der Waals surface area contributed by atoms with E-state index in [0.717, 1.165) is 5.56 Å². The molecule has 90 valence electrons. The molecule has 0 aliphatic carbocycles.